The van der Waals surface area contributed by atoms with E-state index in [2.05, 4.69) is 40.7 Å². The van der Waals surface area contributed by atoms with E-state index in [1.165, 1.54) is 37.7 Å². The Kier molecular flexibility index (Phi) is 3.64. The number of fused-ring (bicyclic) bond motifs is 3. The fourth-order valence-corrected chi connectivity index (χ4v) is 5.36. The summed E-state index contributed by atoms with van der Waals surface area (Å²) < 4.78 is 0. The summed E-state index contributed by atoms with van der Waals surface area (Å²) in [6.07, 6.45) is 9.33. The van der Waals surface area contributed by atoms with Crippen LogP contribution in [0.3, 0.4) is 0 Å². The highest BCUT2D eigenvalue weighted by molar-refractivity contribution is 5.36. The second-order valence-corrected chi connectivity index (χ2v) is 8.71. The summed E-state index contributed by atoms with van der Waals surface area (Å²) in [5.74, 6) is 1.25. The topological polar surface area (TPSA) is 20.2 Å². The monoisotopic (exact) mass is 288 g/mol. The molecule has 0 aromatic heterocycles. The van der Waals surface area contributed by atoms with E-state index >= 15 is 0 Å². The molecule has 0 aromatic rings. The quantitative estimate of drug-likeness (QED) is 0.653. The van der Waals surface area contributed by atoms with Crippen LogP contribution in [0.5, 0.6) is 0 Å². The molecule has 21 heavy (non-hydrogen) atoms. The number of hydrogen-bond acceptors (Lipinski definition) is 1. The average Bonchev–Trinajstić information content (AvgIpc) is 2.70. The summed E-state index contributed by atoms with van der Waals surface area (Å²) in [7, 11) is 0. The van der Waals surface area contributed by atoms with Gasteiger partial charge >= 0.3 is 0 Å². The second kappa shape index (κ2) is 4.98. The first-order valence-corrected chi connectivity index (χ1v) is 8.87. The molecule has 0 saturated heterocycles. The maximum atomic E-state index is 10.8. The van der Waals surface area contributed by atoms with Crippen LogP contribution in [0, 0.1) is 22.7 Å². The van der Waals surface area contributed by atoms with Crippen LogP contribution in [-0.2, 0) is 0 Å². The predicted octanol–water partition coefficient (Wildman–Crippen LogP) is 5.26. The Morgan fingerprint density at radius 1 is 1.14 bits per heavy atom. The zero-order valence-electron chi connectivity index (χ0n) is 14.5. The van der Waals surface area contributed by atoms with Gasteiger partial charge in [-0.05, 0) is 62.7 Å². The molecule has 0 unspecified atom stereocenters. The number of aliphatic hydroxyl groups is 1. The number of rotatable bonds is 1. The molecule has 3 rings (SSSR count). The van der Waals surface area contributed by atoms with Gasteiger partial charge in [0.2, 0.25) is 0 Å². The summed E-state index contributed by atoms with van der Waals surface area (Å²) >= 11 is 0. The molecule has 3 aliphatic carbocycles. The fourth-order valence-electron chi connectivity index (χ4n) is 5.36. The average molecular weight is 288 g/mol. The Hall–Kier alpha value is -0.560. The van der Waals surface area contributed by atoms with Gasteiger partial charge in [-0.15, -0.1) is 0 Å². The minimum Gasteiger partial charge on any atom is -0.388 e. The lowest BCUT2D eigenvalue weighted by atomic mass is 9.54. The molecule has 1 fully saturated rings. The Labute approximate surface area is 130 Å². The van der Waals surface area contributed by atoms with Gasteiger partial charge in [0.25, 0.3) is 0 Å². The highest BCUT2D eigenvalue weighted by Gasteiger charge is 2.53. The molecule has 0 heterocycles. The van der Waals surface area contributed by atoms with E-state index in [1.807, 2.05) is 0 Å². The van der Waals surface area contributed by atoms with Crippen molar-refractivity contribution in [3.05, 3.63) is 22.8 Å². The molecule has 1 saturated carbocycles. The number of hydrogen-bond donors (Lipinski definition) is 1. The minimum absolute atomic E-state index is 0.0527. The van der Waals surface area contributed by atoms with Gasteiger partial charge in [0, 0.05) is 5.41 Å². The van der Waals surface area contributed by atoms with E-state index in [0.717, 1.165) is 6.42 Å². The van der Waals surface area contributed by atoms with Crippen molar-refractivity contribution in [3.63, 3.8) is 0 Å². The first-order chi connectivity index (χ1) is 9.78. The molecule has 0 aliphatic heterocycles. The zero-order chi connectivity index (χ0) is 15.4. The summed E-state index contributed by atoms with van der Waals surface area (Å²) in [6.45, 7) is 11.7. The van der Waals surface area contributed by atoms with E-state index in [1.54, 1.807) is 11.1 Å². The first kappa shape index (κ1) is 15.3. The SMILES string of the molecule is CC1=C[C@H](O)[C@]2(C)CC[C@@]3(C)CCC(C(C)C)=C3[C@H]2CC1. The third-order valence-electron chi connectivity index (χ3n) is 6.94. The molecule has 0 aromatic carbocycles. The summed E-state index contributed by atoms with van der Waals surface area (Å²) in [6, 6.07) is 0. The van der Waals surface area contributed by atoms with Gasteiger partial charge in [-0.3, -0.25) is 0 Å². The van der Waals surface area contributed by atoms with E-state index in [-0.39, 0.29) is 11.5 Å². The third-order valence-corrected chi connectivity index (χ3v) is 6.94. The van der Waals surface area contributed by atoms with E-state index in [9.17, 15) is 5.11 Å². The largest absolute Gasteiger partial charge is 0.388 e. The summed E-state index contributed by atoms with van der Waals surface area (Å²) in [5.41, 5.74) is 5.33. The Balaban J connectivity index is 2.09. The predicted molar refractivity (Wildman–Crippen MR) is 89.0 cm³/mol. The van der Waals surface area contributed by atoms with Crippen molar-refractivity contribution < 1.29 is 5.11 Å². The lowest BCUT2D eigenvalue weighted by Gasteiger charge is -2.51. The van der Waals surface area contributed by atoms with Gasteiger partial charge in [0.15, 0.2) is 0 Å². The molecule has 118 valence electrons. The highest BCUT2D eigenvalue weighted by Crippen LogP contribution is 2.62. The van der Waals surface area contributed by atoms with Crippen LogP contribution in [0.4, 0.5) is 0 Å². The fraction of sp³-hybridized carbons (Fsp3) is 0.800. The maximum absolute atomic E-state index is 10.8. The molecule has 0 amide bonds. The Morgan fingerprint density at radius 2 is 1.86 bits per heavy atom. The second-order valence-electron chi connectivity index (χ2n) is 8.71. The molecule has 1 N–H and O–H groups in total. The summed E-state index contributed by atoms with van der Waals surface area (Å²) in [4.78, 5) is 0. The van der Waals surface area contributed by atoms with Gasteiger partial charge in [-0.2, -0.15) is 0 Å². The zero-order valence-corrected chi connectivity index (χ0v) is 14.5. The van der Waals surface area contributed by atoms with Crippen molar-refractivity contribution in [1.82, 2.24) is 0 Å². The highest BCUT2D eigenvalue weighted by atomic mass is 16.3. The van der Waals surface area contributed by atoms with Crippen LogP contribution < -0.4 is 0 Å². The molecule has 4 atom stereocenters. The van der Waals surface area contributed by atoms with Gasteiger partial charge in [0.1, 0.15) is 0 Å². The number of aliphatic hydroxyl groups excluding tert-OH is 1. The third kappa shape index (κ3) is 2.23. The standard InChI is InChI=1S/C20H32O/c1-13(2)15-8-9-19(4)10-11-20(5)16(18(15)19)7-6-14(3)12-17(20)21/h12-13,16-17,21H,6-11H2,1-5H3/t16-,17+,19-,20-/m1/s1. The van der Waals surface area contributed by atoms with E-state index < -0.39 is 0 Å². The van der Waals surface area contributed by atoms with Crippen LogP contribution in [-0.4, -0.2) is 11.2 Å². The molecular formula is C20H32O. The van der Waals surface area contributed by atoms with Crippen LogP contribution in [0.2, 0.25) is 0 Å². The maximum Gasteiger partial charge on any atom is 0.0782 e. The minimum atomic E-state index is -0.268. The van der Waals surface area contributed by atoms with Crippen LogP contribution in [0.25, 0.3) is 0 Å². The van der Waals surface area contributed by atoms with Crippen molar-refractivity contribution in [2.24, 2.45) is 22.7 Å². The number of allylic oxidation sites excluding steroid dienone is 3. The molecule has 0 spiro atoms. The van der Waals surface area contributed by atoms with Gasteiger partial charge in [-0.1, -0.05) is 50.5 Å². The Bertz CT molecular complexity index is 498. The van der Waals surface area contributed by atoms with Crippen molar-refractivity contribution in [3.8, 4) is 0 Å². The van der Waals surface area contributed by atoms with Gasteiger partial charge in [0.05, 0.1) is 6.10 Å². The lowest BCUT2D eigenvalue weighted by Crippen LogP contribution is -2.46. The van der Waals surface area contributed by atoms with Crippen molar-refractivity contribution in [1.29, 1.82) is 0 Å². The van der Waals surface area contributed by atoms with E-state index in [0.29, 0.717) is 17.3 Å². The molecule has 0 bridgehead atoms. The van der Waals surface area contributed by atoms with Crippen LogP contribution in [0.15, 0.2) is 22.8 Å². The molecule has 3 aliphatic rings. The normalized spacial score (nSPS) is 43.5. The summed E-state index contributed by atoms with van der Waals surface area (Å²) in [5, 5.41) is 10.8. The van der Waals surface area contributed by atoms with E-state index in [4.69, 9.17) is 0 Å². The Morgan fingerprint density at radius 3 is 2.52 bits per heavy atom. The molecule has 1 heteroatoms. The lowest BCUT2D eigenvalue weighted by molar-refractivity contribution is -0.00647. The molecular weight excluding hydrogens is 256 g/mol. The smallest absolute Gasteiger partial charge is 0.0782 e. The van der Waals surface area contributed by atoms with Crippen molar-refractivity contribution in [2.75, 3.05) is 0 Å². The van der Waals surface area contributed by atoms with Crippen LogP contribution in [0.1, 0.15) is 73.1 Å². The first-order valence-electron chi connectivity index (χ1n) is 8.87. The van der Waals surface area contributed by atoms with Gasteiger partial charge < -0.3 is 5.11 Å². The molecule has 0 radical (unpaired) electrons. The van der Waals surface area contributed by atoms with Gasteiger partial charge in [-0.25, -0.2) is 0 Å². The van der Waals surface area contributed by atoms with Crippen molar-refractivity contribution >= 4 is 0 Å². The van der Waals surface area contributed by atoms with Crippen molar-refractivity contribution in [2.45, 2.75) is 79.2 Å². The molecule has 1 nitrogen and oxygen atoms in total. The van der Waals surface area contributed by atoms with Crippen LogP contribution >= 0.6 is 0 Å².